The van der Waals surface area contributed by atoms with Crippen molar-refractivity contribution in [2.75, 3.05) is 6.61 Å². The van der Waals surface area contributed by atoms with E-state index in [2.05, 4.69) is 5.32 Å². The minimum absolute atomic E-state index is 0.119. The fraction of sp³-hybridized carbons (Fsp3) is 0.300. The van der Waals surface area contributed by atoms with E-state index in [1.165, 1.54) is 12.1 Å². The standard InChI is InChI=1S/C20H20FNO4/c21-16-6-2-5-15(11-16)20(8-3-9-20)19(25)22-12-14-4-1-7-17(10-14)26-13-18(23)24/h1-2,4-7,10-11H,3,8-9,12-13H2,(H,22,25)(H,23,24). The molecule has 1 saturated carbocycles. The Morgan fingerprint density at radius 3 is 2.58 bits per heavy atom. The van der Waals surface area contributed by atoms with E-state index in [-0.39, 0.29) is 11.7 Å². The van der Waals surface area contributed by atoms with Crippen molar-refractivity contribution in [3.8, 4) is 5.75 Å². The second-order valence-electron chi connectivity index (χ2n) is 6.46. The van der Waals surface area contributed by atoms with E-state index in [0.29, 0.717) is 30.7 Å². The van der Waals surface area contributed by atoms with E-state index in [4.69, 9.17) is 9.84 Å². The lowest BCUT2D eigenvalue weighted by Crippen LogP contribution is -2.49. The number of carbonyl (C=O) groups is 2. The van der Waals surface area contributed by atoms with Crippen molar-refractivity contribution in [1.82, 2.24) is 5.32 Å². The Bertz CT molecular complexity index is 817. The second kappa shape index (κ2) is 7.56. The molecule has 136 valence electrons. The Kier molecular flexibility index (Phi) is 5.21. The molecule has 3 rings (SSSR count). The van der Waals surface area contributed by atoms with Gasteiger partial charge in [0.05, 0.1) is 5.41 Å². The van der Waals surface area contributed by atoms with Crippen LogP contribution in [0.3, 0.4) is 0 Å². The molecule has 0 aromatic heterocycles. The Morgan fingerprint density at radius 2 is 1.92 bits per heavy atom. The largest absolute Gasteiger partial charge is 0.482 e. The molecule has 1 aliphatic carbocycles. The van der Waals surface area contributed by atoms with Gasteiger partial charge < -0.3 is 15.2 Å². The number of carboxylic acids is 1. The van der Waals surface area contributed by atoms with E-state index in [1.807, 2.05) is 6.07 Å². The Morgan fingerprint density at radius 1 is 1.15 bits per heavy atom. The number of carbonyl (C=O) groups excluding carboxylic acids is 1. The van der Waals surface area contributed by atoms with Crippen LogP contribution in [0.1, 0.15) is 30.4 Å². The Labute approximate surface area is 150 Å². The molecule has 0 bridgehead atoms. The summed E-state index contributed by atoms with van der Waals surface area (Å²) in [4.78, 5) is 23.4. The molecule has 0 aliphatic heterocycles. The summed E-state index contributed by atoms with van der Waals surface area (Å²) in [5.74, 6) is -1.08. The van der Waals surface area contributed by atoms with E-state index in [1.54, 1.807) is 30.3 Å². The van der Waals surface area contributed by atoms with Crippen LogP contribution in [0.4, 0.5) is 4.39 Å². The number of nitrogens with one attached hydrogen (secondary N) is 1. The van der Waals surface area contributed by atoms with Crippen molar-refractivity contribution in [2.45, 2.75) is 31.2 Å². The molecule has 0 unspecified atom stereocenters. The lowest BCUT2D eigenvalue weighted by molar-refractivity contribution is -0.139. The fourth-order valence-corrected chi connectivity index (χ4v) is 3.21. The summed E-state index contributed by atoms with van der Waals surface area (Å²) in [6.45, 7) is -0.126. The maximum Gasteiger partial charge on any atom is 0.341 e. The first-order valence-electron chi connectivity index (χ1n) is 8.47. The van der Waals surface area contributed by atoms with Crippen LogP contribution in [-0.4, -0.2) is 23.6 Å². The predicted molar refractivity (Wildman–Crippen MR) is 93.3 cm³/mol. The van der Waals surface area contributed by atoms with Gasteiger partial charge in [0.1, 0.15) is 11.6 Å². The zero-order chi connectivity index (χ0) is 18.6. The van der Waals surface area contributed by atoms with E-state index >= 15 is 0 Å². The number of ether oxygens (including phenoxy) is 1. The van der Waals surface area contributed by atoms with Gasteiger partial charge in [0, 0.05) is 6.54 Å². The summed E-state index contributed by atoms with van der Waals surface area (Å²) in [5.41, 5.74) is 0.842. The number of halogens is 1. The molecule has 1 fully saturated rings. The van der Waals surface area contributed by atoms with E-state index in [9.17, 15) is 14.0 Å². The van der Waals surface area contributed by atoms with Crippen LogP contribution in [0, 0.1) is 5.82 Å². The average molecular weight is 357 g/mol. The minimum Gasteiger partial charge on any atom is -0.482 e. The first-order valence-corrected chi connectivity index (χ1v) is 8.47. The van der Waals surface area contributed by atoms with Crippen LogP contribution in [0.2, 0.25) is 0 Å². The van der Waals surface area contributed by atoms with Gasteiger partial charge in [-0.3, -0.25) is 4.79 Å². The van der Waals surface area contributed by atoms with Crippen molar-refractivity contribution in [3.05, 3.63) is 65.5 Å². The molecule has 6 heteroatoms. The summed E-state index contributed by atoms with van der Waals surface area (Å²) in [5, 5.41) is 11.6. The first-order chi connectivity index (χ1) is 12.5. The number of benzene rings is 2. The molecule has 26 heavy (non-hydrogen) atoms. The zero-order valence-electron chi connectivity index (χ0n) is 14.2. The second-order valence-corrected chi connectivity index (χ2v) is 6.46. The average Bonchev–Trinajstić information content (AvgIpc) is 2.58. The van der Waals surface area contributed by atoms with Gasteiger partial charge in [0.2, 0.25) is 5.91 Å². The van der Waals surface area contributed by atoms with Gasteiger partial charge in [-0.2, -0.15) is 0 Å². The number of carboxylic acid groups (broad SMARTS) is 1. The maximum atomic E-state index is 13.6. The minimum atomic E-state index is -1.05. The molecule has 0 atom stereocenters. The van der Waals surface area contributed by atoms with Crippen molar-refractivity contribution >= 4 is 11.9 Å². The number of aliphatic carboxylic acids is 1. The van der Waals surface area contributed by atoms with Gasteiger partial charge >= 0.3 is 5.97 Å². The fourth-order valence-electron chi connectivity index (χ4n) is 3.21. The SMILES string of the molecule is O=C(O)COc1cccc(CNC(=O)C2(c3cccc(F)c3)CCC2)c1. The predicted octanol–water partition coefficient (Wildman–Crippen LogP) is 3.03. The third-order valence-corrected chi connectivity index (χ3v) is 4.73. The molecule has 2 N–H and O–H groups in total. The number of hydrogen-bond donors (Lipinski definition) is 2. The summed E-state index contributed by atoms with van der Waals surface area (Å²) in [6.07, 6.45) is 2.33. The van der Waals surface area contributed by atoms with Gasteiger partial charge in [-0.15, -0.1) is 0 Å². The van der Waals surface area contributed by atoms with Crippen LogP contribution >= 0.6 is 0 Å². The molecule has 2 aromatic carbocycles. The third kappa shape index (κ3) is 3.85. The van der Waals surface area contributed by atoms with Crippen molar-refractivity contribution in [1.29, 1.82) is 0 Å². The highest BCUT2D eigenvalue weighted by molar-refractivity contribution is 5.89. The van der Waals surface area contributed by atoms with Crippen molar-refractivity contribution in [2.24, 2.45) is 0 Å². The molecular weight excluding hydrogens is 337 g/mol. The molecule has 1 amide bonds. The maximum absolute atomic E-state index is 13.6. The van der Waals surface area contributed by atoms with Crippen molar-refractivity contribution < 1.29 is 23.8 Å². The molecule has 0 radical (unpaired) electrons. The number of hydrogen-bond acceptors (Lipinski definition) is 3. The molecule has 2 aromatic rings. The number of amides is 1. The van der Waals surface area contributed by atoms with Crippen molar-refractivity contribution in [3.63, 3.8) is 0 Å². The smallest absolute Gasteiger partial charge is 0.341 e. The zero-order valence-corrected chi connectivity index (χ0v) is 14.2. The van der Waals surface area contributed by atoms with E-state index < -0.39 is 18.0 Å². The first kappa shape index (κ1) is 17.9. The Hall–Kier alpha value is -2.89. The highest BCUT2D eigenvalue weighted by Crippen LogP contribution is 2.44. The molecule has 0 heterocycles. The van der Waals surface area contributed by atoms with Crippen LogP contribution in [-0.2, 0) is 21.5 Å². The molecule has 5 nitrogen and oxygen atoms in total. The summed E-state index contributed by atoms with van der Waals surface area (Å²) >= 11 is 0. The van der Waals surface area contributed by atoms with Gasteiger partial charge in [0.15, 0.2) is 6.61 Å². The normalized spacial score (nSPS) is 15.0. The van der Waals surface area contributed by atoms with E-state index in [0.717, 1.165) is 12.0 Å². The van der Waals surface area contributed by atoms with Crippen LogP contribution in [0.25, 0.3) is 0 Å². The summed E-state index contributed by atoms with van der Waals surface area (Å²) in [7, 11) is 0. The molecule has 0 spiro atoms. The lowest BCUT2D eigenvalue weighted by atomic mass is 9.64. The number of rotatable bonds is 7. The van der Waals surface area contributed by atoms with Gasteiger partial charge in [-0.1, -0.05) is 30.7 Å². The monoisotopic (exact) mass is 357 g/mol. The summed E-state index contributed by atoms with van der Waals surface area (Å²) < 4.78 is 18.7. The highest BCUT2D eigenvalue weighted by atomic mass is 19.1. The topological polar surface area (TPSA) is 75.6 Å². The van der Waals surface area contributed by atoms with Gasteiger partial charge in [-0.05, 0) is 48.2 Å². The van der Waals surface area contributed by atoms with Crippen LogP contribution in [0.15, 0.2) is 48.5 Å². The highest BCUT2D eigenvalue weighted by Gasteiger charge is 2.45. The van der Waals surface area contributed by atoms with Gasteiger partial charge in [0.25, 0.3) is 0 Å². The summed E-state index contributed by atoms with van der Waals surface area (Å²) in [6, 6.07) is 13.1. The van der Waals surface area contributed by atoms with Crippen LogP contribution < -0.4 is 10.1 Å². The molecular formula is C20H20FNO4. The Balaban J connectivity index is 1.66. The molecule has 1 aliphatic rings. The quantitative estimate of drug-likeness (QED) is 0.799. The lowest BCUT2D eigenvalue weighted by Gasteiger charge is -2.40. The third-order valence-electron chi connectivity index (χ3n) is 4.73. The molecule has 0 saturated heterocycles. The van der Waals surface area contributed by atoms with Crippen LogP contribution in [0.5, 0.6) is 5.75 Å². The van der Waals surface area contributed by atoms with Gasteiger partial charge in [-0.25, -0.2) is 9.18 Å².